The minimum atomic E-state index is -1.07. The Morgan fingerprint density at radius 1 is 1.37 bits per heavy atom. The van der Waals surface area contributed by atoms with Crippen LogP contribution in [-0.4, -0.2) is 42.1 Å². The Bertz CT molecular complexity index is 486. The Kier molecular flexibility index (Phi) is 4.16. The van der Waals surface area contributed by atoms with Gasteiger partial charge in [-0.1, -0.05) is 24.3 Å². The fourth-order valence-corrected chi connectivity index (χ4v) is 2.44. The van der Waals surface area contributed by atoms with Gasteiger partial charge < -0.3 is 14.7 Å². The molecule has 19 heavy (non-hydrogen) atoms. The van der Waals surface area contributed by atoms with Crippen molar-refractivity contribution in [2.75, 3.05) is 20.3 Å². The summed E-state index contributed by atoms with van der Waals surface area (Å²) < 4.78 is 4.83. The smallest absolute Gasteiger partial charge is 0.329 e. The Hall–Kier alpha value is -1.88. The van der Waals surface area contributed by atoms with Crippen LogP contribution in [-0.2, 0) is 20.7 Å². The predicted octanol–water partition coefficient (Wildman–Crippen LogP) is 1.23. The van der Waals surface area contributed by atoms with E-state index in [-0.39, 0.29) is 18.6 Å². The summed E-state index contributed by atoms with van der Waals surface area (Å²) in [6, 6.07) is 8.15. The summed E-state index contributed by atoms with van der Waals surface area (Å²) in [4.78, 5) is 23.9. The monoisotopic (exact) mass is 263 g/mol. The van der Waals surface area contributed by atoms with E-state index in [1.165, 1.54) is 11.1 Å². The number of hydrogen-bond acceptors (Lipinski definition) is 3. The standard InChI is InChI=1S/C14H17NO4/c1-15(13(16)8-19-9-14(17)18)12-7-6-10-4-2-3-5-11(10)12/h2-5,12H,6-9H2,1H3,(H,17,18). The molecule has 1 aromatic rings. The van der Waals surface area contributed by atoms with Gasteiger partial charge >= 0.3 is 5.97 Å². The van der Waals surface area contributed by atoms with E-state index in [4.69, 9.17) is 9.84 Å². The third kappa shape index (κ3) is 3.12. The molecule has 1 unspecified atom stereocenters. The van der Waals surface area contributed by atoms with Crippen LogP contribution < -0.4 is 0 Å². The lowest BCUT2D eigenvalue weighted by atomic mass is 10.1. The van der Waals surface area contributed by atoms with Crippen LogP contribution in [0.5, 0.6) is 0 Å². The lowest BCUT2D eigenvalue weighted by Crippen LogP contribution is -2.33. The summed E-state index contributed by atoms with van der Waals surface area (Å²) in [5.41, 5.74) is 2.45. The first-order chi connectivity index (χ1) is 9.09. The molecule has 1 aromatic carbocycles. The Balaban J connectivity index is 1.95. The van der Waals surface area contributed by atoms with Crippen LogP contribution in [0.1, 0.15) is 23.6 Å². The molecule has 5 heteroatoms. The molecule has 0 spiro atoms. The maximum Gasteiger partial charge on any atom is 0.329 e. The Morgan fingerprint density at radius 3 is 2.84 bits per heavy atom. The molecule has 5 nitrogen and oxygen atoms in total. The van der Waals surface area contributed by atoms with Gasteiger partial charge in [-0.25, -0.2) is 4.79 Å². The number of fused-ring (bicyclic) bond motifs is 1. The summed E-state index contributed by atoms with van der Waals surface area (Å²) in [5, 5.41) is 8.46. The summed E-state index contributed by atoms with van der Waals surface area (Å²) in [6.07, 6.45) is 1.87. The molecule has 2 rings (SSSR count). The van der Waals surface area contributed by atoms with Crippen molar-refractivity contribution in [1.29, 1.82) is 0 Å². The lowest BCUT2D eigenvalue weighted by molar-refractivity contribution is -0.146. The SMILES string of the molecule is CN(C(=O)COCC(=O)O)C1CCc2ccccc21. The number of nitrogens with zero attached hydrogens (tertiary/aromatic N) is 1. The molecule has 102 valence electrons. The molecule has 0 heterocycles. The molecule has 0 radical (unpaired) electrons. The number of carboxylic acids is 1. The van der Waals surface area contributed by atoms with E-state index >= 15 is 0 Å². The molecule has 0 saturated heterocycles. The quantitative estimate of drug-likeness (QED) is 0.867. The van der Waals surface area contributed by atoms with Crippen LogP contribution >= 0.6 is 0 Å². The number of rotatable bonds is 5. The second-order valence-electron chi connectivity index (χ2n) is 4.64. The number of ether oxygens (including phenoxy) is 1. The van der Waals surface area contributed by atoms with Crippen LogP contribution in [0.15, 0.2) is 24.3 Å². The highest BCUT2D eigenvalue weighted by Gasteiger charge is 2.28. The third-order valence-electron chi connectivity index (χ3n) is 3.41. The highest BCUT2D eigenvalue weighted by Crippen LogP contribution is 2.34. The first-order valence-electron chi connectivity index (χ1n) is 6.22. The lowest BCUT2D eigenvalue weighted by Gasteiger charge is -2.25. The van der Waals surface area contributed by atoms with Gasteiger partial charge in [-0.05, 0) is 24.0 Å². The molecule has 0 aromatic heterocycles. The number of amides is 1. The van der Waals surface area contributed by atoms with Crippen molar-refractivity contribution in [3.63, 3.8) is 0 Å². The van der Waals surface area contributed by atoms with E-state index in [2.05, 4.69) is 6.07 Å². The van der Waals surface area contributed by atoms with Crippen molar-refractivity contribution in [2.45, 2.75) is 18.9 Å². The zero-order valence-corrected chi connectivity index (χ0v) is 10.8. The minimum Gasteiger partial charge on any atom is -0.480 e. The van der Waals surface area contributed by atoms with Crippen molar-refractivity contribution < 1.29 is 19.4 Å². The molecule has 1 atom stereocenters. The number of carbonyl (C=O) groups excluding carboxylic acids is 1. The summed E-state index contributed by atoms with van der Waals surface area (Å²) >= 11 is 0. The van der Waals surface area contributed by atoms with Gasteiger partial charge in [0.05, 0.1) is 6.04 Å². The molecule has 1 aliphatic rings. The van der Waals surface area contributed by atoms with Gasteiger partial charge in [0.1, 0.15) is 13.2 Å². The highest BCUT2D eigenvalue weighted by atomic mass is 16.5. The first kappa shape index (κ1) is 13.5. The number of aliphatic carboxylic acids is 1. The van der Waals surface area contributed by atoms with Gasteiger partial charge in [0.2, 0.25) is 5.91 Å². The number of carboxylic acid groups (broad SMARTS) is 1. The maximum absolute atomic E-state index is 11.9. The van der Waals surface area contributed by atoms with Crippen molar-refractivity contribution in [3.05, 3.63) is 35.4 Å². The van der Waals surface area contributed by atoms with Crippen LogP contribution in [0.2, 0.25) is 0 Å². The van der Waals surface area contributed by atoms with Crippen molar-refractivity contribution in [3.8, 4) is 0 Å². The van der Waals surface area contributed by atoms with E-state index in [0.29, 0.717) is 0 Å². The molecule has 1 aliphatic carbocycles. The summed E-state index contributed by atoms with van der Waals surface area (Å²) in [6.45, 7) is -0.637. The zero-order valence-electron chi connectivity index (χ0n) is 10.8. The van der Waals surface area contributed by atoms with Gasteiger partial charge in [-0.2, -0.15) is 0 Å². The topological polar surface area (TPSA) is 66.8 Å². The highest BCUT2D eigenvalue weighted by molar-refractivity contribution is 5.78. The Morgan fingerprint density at radius 2 is 2.11 bits per heavy atom. The third-order valence-corrected chi connectivity index (χ3v) is 3.41. The van der Waals surface area contributed by atoms with Gasteiger partial charge in [-0.15, -0.1) is 0 Å². The average molecular weight is 263 g/mol. The van der Waals surface area contributed by atoms with Crippen molar-refractivity contribution >= 4 is 11.9 Å². The average Bonchev–Trinajstić information content (AvgIpc) is 2.81. The van der Waals surface area contributed by atoms with Gasteiger partial charge in [0.15, 0.2) is 0 Å². The molecule has 0 aliphatic heterocycles. The molecule has 0 fully saturated rings. The van der Waals surface area contributed by atoms with Crippen LogP contribution in [0, 0.1) is 0 Å². The summed E-state index contributed by atoms with van der Waals surface area (Å²) in [7, 11) is 1.74. The zero-order chi connectivity index (χ0) is 13.8. The minimum absolute atomic E-state index is 0.0668. The first-order valence-corrected chi connectivity index (χ1v) is 6.22. The van der Waals surface area contributed by atoms with Crippen molar-refractivity contribution in [2.24, 2.45) is 0 Å². The van der Waals surface area contributed by atoms with E-state index in [9.17, 15) is 9.59 Å². The van der Waals surface area contributed by atoms with Gasteiger partial charge in [0, 0.05) is 7.05 Å². The van der Waals surface area contributed by atoms with Crippen molar-refractivity contribution in [1.82, 2.24) is 4.90 Å². The largest absolute Gasteiger partial charge is 0.480 e. The molecule has 0 saturated carbocycles. The number of hydrogen-bond donors (Lipinski definition) is 1. The molecule has 1 amide bonds. The summed E-state index contributed by atoms with van der Waals surface area (Å²) in [5.74, 6) is -1.26. The maximum atomic E-state index is 11.9. The Labute approximate surface area is 111 Å². The van der Waals surface area contributed by atoms with E-state index in [1.807, 2.05) is 18.2 Å². The fourth-order valence-electron chi connectivity index (χ4n) is 2.44. The molecular weight excluding hydrogens is 246 g/mol. The fraction of sp³-hybridized carbons (Fsp3) is 0.429. The number of likely N-dealkylation sites (N-methyl/N-ethyl adjacent to an activating group) is 1. The van der Waals surface area contributed by atoms with Crippen LogP contribution in [0.4, 0.5) is 0 Å². The number of benzene rings is 1. The normalized spacial score (nSPS) is 17.0. The number of carbonyl (C=O) groups is 2. The predicted molar refractivity (Wildman–Crippen MR) is 68.7 cm³/mol. The van der Waals surface area contributed by atoms with E-state index in [1.54, 1.807) is 11.9 Å². The number of aryl methyl sites for hydroxylation is 1. The second kappa shape index (κ2) is 5.84. The molecule has 0 bridgehead atoms. The van der Waals surface area contributed by atoms with Gasteiger partial charge in [-0.3, -0.25) is 4.79 Å². The van der Waals surface area contributed by atoms with E-state index in [0.717, 1.165) is 12.8 Å². The molecular formula is C14H17NO4. The van der Waals surface area contributed by atoms with E-state index < -0.39 is 12.6 Å². The molecule has 1 N–H and O–H groups in total. The van der Waals surface area contributed by atoms with Crippen LogP contribution in [0.3, 0.4) is 0 Å². The second-order valence-corrected chi connectivity index (χ2v) is 4.64. The van der Waals surface area contributed by atoms with Crippen LogP contribution in [0.25, 0.3) is 0 Å². The van der Waals surface area contributed by atoms with Gasteiger partial charge in [0.25, 0.3) is 0 Å².